The Hall–Kier alpha value is -1.18. The highest BCUT2D eigenvalue weighted by atomic mass is 79.9. The molecule has 0 radical (unpaired) electrons. The van der Waals surface area contributed by atoms with E-state index in [1.54, 1.807) is 20.8 Å². The third kappa shape index (κ3) is 3.93. The molecule has 0 aromatic heterocycles. The van der Waals surface area contributed by atoms with Crippen LogP contribution in [-0.2, 0) is 10.0 Å². The zero-order valence-electron chi connectivity index (χ0n) is 12.1. The minimum atomic E-state index is -3.86. The monoisotopic (exact) mass is 375 g/mol. The number of aromatic carboxylic acids is 1. The highest BCUT2D eigenvalue weighted by Gasteiger charge is 2.34. The van der Waals surface area contributed by atoms with E-state index in [4.69, 9.17) is 5.11 Å². The van der Waals surface area contributed by atoms with Crippen LogP contribution >= 0.6 is 15.9 Å². The normalized spacial score (nSPS) is 12.4. The highest BCUT2D eigenvalue weighted by molar-refractivity contribution is 9.10. The SMILES string of the molecule is C=CCN(C(C)(C)C)S(=O)(=O)c1cc(C(=O)O)ccc1Br. The molecule has 0 bridgehead atoms. The molecule has 21 heavy (non-hydrogen) atoms. The van der Waals surface area contributed by atoms with Crippen LogP contribution in [0.5, 0.6) is 0 Å². The van der Waals surface area contributed by atoms with Gasteiger partial charge in [-0.05, 0) is 54.9 Å². The largest absolute Gasteiger partial charge is 0.478 e. The average Bonchev–Trinajstić information content (AvgIpc) is 2.34. The molecule has 0 spiro atoms. The summed E-state index contributed by atoms with van der Waals surface area (Å²) in [6.07, 6.45) is 1.50. The smallest absolute Gasteiger partial charge is 0.335 e. The van der Waals surface area contributed by atoms with Crippen molar-refractivity contribution in [1.29, 1.82) is 0 Å². The van der Waals surface area contributed by atoms with Crippen LogP contribution in [0.1, 0.15) is 31.1 Å². The molecule has 0 fully saturated rings. The zero-order valence-corrected chi connectivity index (χ0v) is 14.5. The van der Waals surface area contributed by atoms with Crippen molar-refractivity contribution >= 4 is 31.9 Å². The first-order chi connectivity index (χ1) is 9.51. The number of carboxylic acids is 1. The van der Waals surface area contributed by atoms with Gasteiger partial charge in [0.15, 0.2) is 0 Å². The van der Waals surface area contributed by atoms with Crippen LogP contribution < -0.4 is 0 Å². The van der Waals surface area contributed by atoms with Gasteiger partial charge in [0.25, 0.3) is 0 Å². The summed E-state index contributed by atoms with van der Waals surface area (Å²) >= 11 is 3.18. The summed E-state index contributed by atoms with van der Waals surface area (Å²) in [7, 11) is -3.86. The summed E-state index contributed by atoms with van der Waals surface area (Å²) in [4.78, 5) is 11.0. The molecule has 1 aromatic rings. The molecule has 1 N–H and O–H groups in total. The van der Waals surface area contributed by atoms with Gasteiger partial charge in [0.1, 0.15) is 0 Å². The number of rotatable bonds is 5. The van der Waals surface area contributed by atoms with E-state index in [1.165, 1.54) is 22.5 Å². The van der Waals surface area contributed by atoms with Gasteiger partial charge in [0.05, 0.1) is 10.5 Å². The fraction of sp³-hybridized carbons (Fsp3) is 0.357. The predicted octanol–water partition coefficient (Wildman–Crippen LogP) is 3.12. The molecule has 1 rings (SSSR count). The Morgan fingerprint density at radius 2 is 2.00 bits per heavy atom. The van der Waals surface area contributed by atoms with Crippen molar-refractivity contribution in [3.63, 3.8) is 0 Å². The van der Waals surface area contributed by atoms with Gasteiger partial charge >= 0.3 is 5.97 Å². The molecule has 5 nitrogen and oxygen atoms in total. The molecular weight excluding hydrogens is 358 g/mol. The number of hydrogen-bond acceptors (Lipinski definition) is 3. The lowest BCUT2D eigenvalue weighted by Gasteiger charge is -2.33. The third-order valence-corrected chi connectivity index (χ3v) is 5.91. The van der Waals surface area contributed by atoms with Gasteiger partial charge in [-0.2, -0.15) is 4.31 Å². The second-order valence-electron chi connectivity index (χ2n) is 5.45. The summed E-state index contributed by atoms with van der Waals surface area (Å²) in [6, 6.07) is 3.93. The predicted molar refractivity (Wildman–Crippen MR) is 84.9 cm³/mol. The van der Waals surface area contributed by atoms with Crippen molar-refractivity contribution in [2.24, 2.45) is 0 Å². The Kier molecular flexibility index (Phi) is 5.35. The van der Waals surface area contributed by atoms with Crippen LogP contribution in [0.3, 0.4) is 0 Å². The standard InChI is InChI=1S/C14H18BrNO4S/c1-5-8-16(14(2,3)4)21(19,20)12-9-10(13(17)18)6-7-11(12)15/h5-7,9H,1,8H2,2-4H3,(H,17,18). The minimum Gasteiger partial charge on any atom is -0.478 e. The minimum absolute atomic E-state index is 0.0702. The van der Waals surface area contributed by atoms with Gasteiger partial charge in [-0.1, -0.05) is 6.08 Å². The topological polar surface area (TPSA) is 74.7 Å². The molecule has 0 unspecified atom stereocenters. The third-order valence-electron chi connectivity index (χ3n) is 2.79. The van der Waals surface area contributed by atoms with Gasteiger partial charge in [0.2, 0.25) is 10.0 Å². The van der Waals surface area contributed by atoms with Crippen molar-refractivity contribution in [2.75, 3.05) is 6.54 Å². The van der Waals surface area contributed by atoms with E-state index >= 15 is 0 Å². The first-order valence-electron chi connectivity index (χ1n) is 6.18. The maximum atomic E-state index is 12.8. The van der Waals surface area contributed by atoms with Crippen molar-refractivity contribution in [2.45, 2.75) is 31.2 Å². The van der Waals surface area contributed by atoms with Crippen molar-refractivity contribution in [3.05, 3.63) is 40.9 Å². The molecule has 0 aliphatic heterocycles. The van der Waals surface area contributed by atoms with Crippen LogP contribution in [0.2, 0.25) is 0 Å². The number of benzene rings is 1. The Morgan fingerprint density at radius 3 is 2.43 bits per heavy atom. The lowest BCUT2D eigenvalue weighted by molar-refractivity contribution is 0.0696. The molecule has 7 heteroatoms. The maximum Gasteiger partial charge on any atom is 0.335 e. The summed E-state index contributed by atoms with van der Waals surface area (Å²) in [5.74, 6) is -1.18. The summed E-state index contributed by atoms with van der Waals surface area (Å²) in [6.45, 7) is 9.01. The van der Waals surface area contributed by atoms with Crippen molar-refractivity contribution in [1.82, 2.24) is 4.31 Å². The summed E-state index contributed by atoms with van der Waals surface area (Å²) in [5.41, 5.74) is -0.740. The number of carbonyl (C=O) groups is 1. The second kappa shape index (κ2) is 6.29. The molecule has 1 aromatic carbocycles. The summed E-state index contributed by atoms with van der Waals surface area (Å²) < 4.78 is 27.2. The van der Waals surface area contributed by atoms with E-state index < -0.39 is 21.5 Å². The first kappa shape index (κ1) is 17.9. The second-order valence-corrected chi connectivity index (χ2v) is 8.13. The average molecular weight is 376 g/mol. The Bertz CT molecular complexity index is 662. The van der Waals surface area contributed by atoms with Crippen LogP contribution in [0, 0.1) is 0 Å². The molecule has 0 aliphatic rings. The van der Waals surface area contributed by atoms with Crippen molar-refractivity contribution < 1.29 is 18.3 Å². The lowest BCUT2D eigenvalue weighted by atomic mass is 10.1. The Labute approximate surface area is 133 Å². The van der Waals surface area contributed by atoms with E-state index in [0.29, 0.717) is 4.47 Å². The van der Waals surface area contributed by atoms with E-state index in [9.17, 15) is 13.2 Å². The van der Waals surface area contributed by atoms with Crippen molar-refractivity contribution in [3.8, 4) is 0 Å². The van der Waals surface area contributed by atoms with E-state index in [-0.39, 0.29) is 17.0 Å². The van der Waals surface area contributed by atoms with Gasteiger partial charge in [0, 0.05) is 16.6 Å². The first-order valence-corrected chi connectivity index (χ1v) is 8.41. The molecule has 0 saturated carbocycles. The van der Waals surface area contributed by atoms with E-state index in [2.05, 4.69) is 22.5 Å². The fourth-order valence-electron chi connectivity index (χ4n) is 1.80. The molecule has 0 heterocycles. The van der Waals surface area contributed by atoms with Gasteiger partial charge in [-0.25, -0.2) is 13.2 Å². The lowest BCUT2D eigenvalue weighted by Crippen LogP contribution is -2.45. The van der Waals surface area contributed by atoms with Gasteiger partial charge < -0.3 is 5.11 Å². The Morgan fingerprint density at radius 1 is 1.43 bits per heavy atom. The number of sulfonamides is 1. The van der Waals surface area contributed by atoms with E-state index in [0.717, 1.165) is 6.07 Å². The van der Waals surface area contributed by atoms with E-state index in [1.807, 2.05) is 0 Å². The number of halogens is 1. The quantitative estimate of drug-likeness (QED) is 0.802. The van der Waals surface area contributed by atoms with Crippen LogP contribution in [0.25, 0.3) is 0 Å². The molecule has 0 aliphatic carbocycles. The number of nitrogens with zero attached hydrogens (tertiary/aromatic N) is 1. The summed E-state index contributed by atoms with van der Waals surface area (Å²) in [5, 5.41) is 9.03. The van der Waals surface area contributed by atoms with Crippen LogP contribution in [-0.4, -0.2) is 35.9 Å². The molecule has 0 saturated heterocycles. The van der Waals surface area contributed by atoms with Gasteiger partial charge in [-0.15, -0.1) is 6.58 Å². The molecule has 0 amide bonds. The molecule has 0 atom stereocenters. The molecular formula is C14H18BrNO4S. The fourth-order valence-corrected chi connectivity index (χ4v) is 4.51. The number of hydrogen-bond donors (Lipinski definition) is 1. The zero-order chi connectivity index (χ0) is 16.4. The van der Waals surface area contributed by atoms with Crippen LogP contribution in [0.15, 0.2) is 40.2 Å². The maximum absolute atomic E-state index is 12.8. The Balaban J connectivity index is 3.51. The van der Waals surface area contributed by atoms with Crippen LogP contribution in [0.4, 0.5) is 0 Å². The van der Waals surface area contributed by atoms with Gasteiger partial charge in [-0.3, -0.25) is 0 Å². The highest BCUT2D eigenvalue weighted by Crippen LogP contribution is 2.30. The molecule has 116 valence electrons. The number of carboxylic acid groups (broad SMARTS) is 1.